The zero-order valence-corrected chi connectivity index (χ0v) is 21.0. The summed E-state index contributed by atoms with van der Waals surface area (Å²) in [5, 5.41) is 12.8. The van der Waals surface area contributed by atoms with E-state index >= 15 is 0 Å². The number of hydrogen-bond donors (Lipinski definition) is 3. The van der Waals surface area contributed by atoms with Gasteiger partial charge in [-0.1, -0.05) is 11.3 Å². The molecule has 2 heterocycles. The van der Waals surface area contributed by atoms with Crippen LogP contribution < -0.4 is 14.8 Å². The molecule has 1 saturated heterocycles. The molecule has 0 aliphatic carbocycles. The van der Waals surface area contributed by atoms with E-state index in [9.17, 15) is 18.3 Å². The number of ether oxygens (including phenoxy) is 2. The Labute approximate surface area is 208 Å². The Kier molecular flexibility index (Phi) is 7.58. The maximum atomic E-state index is 13.1. The lowest BCUT2D eigenvalue weighted by atomic mass is 9.96. The number of carbonyl (C=O) groups is 1. The fourth-order valence-electron chi connectivity index (χ4n) is 3.87. The first-order valence-electron chi connectivity index (χ1n) is 11.1. The Bertz CT molecular complexity index is 1300. The molecule has 0 unspecified atom stereocenters. The van der Waals surface area contributed by atoms with Crippen LogP contribution >= 0.6 is 11.3 Å². The lowest BCUT2D eigenvalue weighted by Crippen LogP contribution is -2.22. The van der Waals surface area contributed by atoms with Crippen molar-refractivity contribution in [3.8, 4) is 21.9 Å². The lowest BCUT2D eigenvalue weighted by molar-refractivity contribution is -0.117. The number of phenolic OH excluding ortho intramolecular Hbond substituents is 1. The van der Waals surface area contributed by atoms with Crippen molar-refractivity contribution in [1.29, 1.82) is 0 Å². The van der Waals surface area contributed by atoms with Crippen molar-refractivity contribution in [1.82, 2.24) is 4.98 Å². The number of benzene rings is 2. The smallest absolute Gasteiger partial charge is 0.265 e. The molecule has 1 aliphatic heterocycles. The minimum Gasteiger partial charge on any atom is -0.508 e. The molecular weight excluding hydrogens is 490 g/mol. The van der Waals surface area contributed by atoms with Crippen molar-refractivity contribution in [3.63, 3.8) is 0 Å². The molecule has 0 atom stereocenters. The first kappa shape index (κ1) is 25.0. The predicted molar refractivity (Wildman–Crippen MR) is 135 cm³/mol. The molecule has 1 amide bonds. The van der Waals surface area contributed by atoms with Crippen molar-refractivity contribution >= 4 is 38.1 Å². The van der Waals surface area contributed by atoms with E-state index in [1.807, 2.05) is 6.92 Å². The fourth-order valence-corrected chi connectivity index (χ4v) is 6.10. The number of aryl methyl sites for hydroxylation is 1. The third-order valence-corrected chi connectivity index (χ3v) is 8.22. The second-order valence-corrected chi connectivity index (χ2v) is 10.9. The summed E-state index contributed by atoms with van der Waals surface area (Å²) in [6.45, 7) is 3.18. The second-order valence-electron chi connectivity index (χ2n) is 8.26. The number of aromatic nitrogens is 1. The first-order valence-corrected chi connectivity index (χ1v) is 13.4. The standard InChI is InChI=1S/C24H27N3O6S2/c1-15-23(34-24(25-15)26-22(29)13-16-9-11-33-12-10-16)17-3-8-20(32-2)21(14-17)35(30,31)27-18-4-6-19(28)7-5-18/h3-8,14,16,27-28H,9-13H2,1-2H3,(H,25,26,29). The molecule has 0 saturated carbocycles. The van der Waals surface area contributed by atoms with Gasteiger partial charge in [0.2, 0.25) is 5.91 Å². The molecule has 0 radical (unpaired) electrons. The number of hydrogen-bond acceptors (Lipinski definition) is 8. The minimum atomic E-state index is -3.99. The molecule has 1 fully saturated rings. The van der Waals surface area contributed by atoms with Gasteiger partial charge < -0.3 is 19.9 Å². The van der Waals surface area contributed by atoms with E-state index in [-0.39, 0.29) is 22.3 Å². The van der Waals surface area contributed by atoms with Gasteiger partial charge in [-0.15, -0.1) is 0 Å². The van der Waals surface area contributed by atoms with Gasteiger partial charge in [0.1, 0.15) is 16.4 Å². The number of anilines is 2. The van der Waals surface area contributed by atoms with Gasteiger partial charge in [0.05, 0.1) is 17.7 Å². The third-order valence-electron chi connectivity index (χ3n) is 5.69. The average Bonchev–Trinajstić information content (AvgIpc) is 3.20. The Morgan fingerprint density at radius 2 is 1.91 bits per heavy atom. The van der Waals surface area contributed by atoms with Gasteiger partial charge >= 0.3 is 0 Å². The number of rotatable bonds is 8. The van der Waals surface area contributed by atoms with Gasteiger partial charge in [-0.2, -0.15) is 0 Å². The van der Waals surface area contributed by atoms with Crippen LogP contribution in [0.15, 0.2) is 47.4 Å². The number of phenols is 1. The lowest BCUT2D eigenvalue weighted by Gasteiger charge is -2.20. The van der Waals surface area contributed by atoms with Crippen LogP contribution in [-0.2, 0) is 19.6 Å². The summed E-state index contributed by atoms with van der Waals surface area (Å²) in [5.41, 5.74) is 1.62. The molecule has 1 aromatic heterocycles. The summed E-state index contributed by atoms with van der Waals surface area (Å²) < 4.78 is 39.4. The van der Waals surface area contributed by atoms with Crippen molar-refractivity contribution < 1.29 is 27.8 Å². The first-order chi connectivity index (χ1) is 16.7. The molecule has 186 valence electrons. The molecule has 9 nitrogen and oxygen atoms in total. The summed E-state index contributed by atoms with van der Waals surface area (Å²) in [7, 11) is -2.59. The Hall–Kier alpha value is -3.15. The molecule has 1 aliphatic rings. The normalized spacial score (nSPS) is 14.5. The number of carbonyl (C=O) groups excluding carboxylic acids is 1. The van der Waals surface area contributed by atoms with Gasteiger partial charge in [0.15, 0.2) is 5.13 Å². The van der Waals surface area contributed by atoms with E-state index in [1.165, 1.54) is 48.8 Å². The summed E-state index contributed by atoms with van der Waals surface area (Å²) in [5.74, 6) is 0.434. The van der Waals surface area contributed by atoms with Crippen LogP contribution in [0.3, 0.4) is 0 Å². The molecular formula is C24H27N3O6S2. The topological polar surface area (TPSA) is 127 Å². The van der Waals surface area contributed by atoms with E-state index in [0.717, 1.165) is 17.7 Å². The molecule has 3 N–H and O–H groups in total. The maximum Gasteiger partial charge on any atom is 0.265 e. The molecule has 3 aromatic rings. The summed E-state index contributed by atoms with van der Waals surface area (Å²) in [6, 6.07) is 10.6. The predicted octanol–water partition coefficient (Wildman–Crippen LogP) is 4.39. The summed E-state index contributed by atoms with van der Waals surface area (Å²) in [6.07, 6.45) is 2.17. The zero-order valence-electron chi connectivity index (χ0n) is 19.4. The Morgan fingerprint density at radius 3 is 2.60 bits per heavy atom. The van der Waals surface area contributed by atoms with Crippen molar-refractivity contribution in [2.24, 2.45) is 5.92 Å². The van der Waals surface area contributed by atoms with E-state index in [1.54, 1.807) is 12.1 Å². The quantitative estimate of drug-likeness (QED) is 0.378. The summed E-state index contributed by atoms with van der Waals surface area (Å²) in [4.78, 5) is 17.7. The maximum absolute atomic E-state index is 13.1. The van der Waals surface area contributed by atoms with E-state index in [4.69, 9.17) is 9.47 Å². The van der Waals surface area contributed by atoms with Gasteiger partial charge in [0, 0.05) is 25.3 Å². The molecule has 2 aromatic carbocycles. The largest absolute Gasteiger partial charge is 0.508 e. The van der Waals surface area contributed by atoms with Crippen LogP contribution in [0.2, 0.25) is 0 Å². The molecule has 4 rings (SSSR count). The van der Waals surface area contributed by atoms with Crippen molar-refractivity contribution in [2.75, 3.05) is 30.4 Å². The van der Waals surface area contributed by atoms with Crippen LogP contribution in [0.25, 0.3) is 10.4 Å². The number of thiazole rings is 1. The van der Waals surface area contributed by atoms with Gasteiger partial charge in [-0.25, -0.2) is 13.4 Å². The van der Waals surface area contributed by atoms with Crippen LogP contribution in [-0.4, -0.2) is 44.7 Å². The average molecular weight is 518 g/mol. The number of nitrogens with zero attached hydrogens (tertiary/aromatic N) is 1. The highest BCUT2D eigenvalue weighted by atomic mass is 32.2. The second kappa shape index (κ2) is 10.6. The van der Waals surface area contributed by atoms with Crippen LogP contribution in [0.1, 0.15) is 25.0 Å². The number of aromatic hydroxyl groups is 1. The summed E-state index contributed by atoms with van der Waals surface area (Å²) >= 11 is 1.29. The highest BCUT2D eigenvalue weighted by molar-refractivity contribution is 7.92. The monoisotopic (exact) mass is 517 g/mol. The number of amides is 1. The molecule has 11 heteroatoms. The fraction of sp³-hybridized carbons (Fsp3) is 0.333. The van der Waals surface area contributed by atoms with E-state index in [0.29, 0.717) is 47.6 Å². The van der Waals surface area contributed by atoms with Crippen molar-refractivity contribution in [2.45, 2.75) is 31.1 Å². The highest BCUT2D eigenvalue weighted by Gasteiger charge is 2.23. The SMILES string of the molecule is COc1ccc(-c2sc(NC(=O)CC3CCOCC3)nc2C)cc1S(=O)(=O)Nc1ccc(O)cc1. The van der Waals surface area contributed by atoms with E-state index < -0.39 is 10.0 Å². The molecule has 0 bridgehead atoms. The number of nitrogens with one attached hydrogen (secondary N) is 2. The Morgan fingerprint density at radius 1 is 1.20 bits per heavy atom. The van der Waals surface area contributed by atoms with Gasteiger partial charge in [-0.3, -0.25) is 9.52 Å². The molecule has 35 heavy (non-hydrogen) atoms. The van der Waals surface area contributed by atoms with Crippen LogP contribution in [0.4, 0.5) is 10.8 Å². The van der Waals surface area contributed by atoms with E-state index in [2.05, 4.69) is 15.0 Å². The third kappa shape index (κ3) is 6.11. The van der Waals surface area contributed by atoms with Crippen LogP contribution in [0.5, 0.6) is 11.5 Å². The Balaban J connectivity index is 1.56. The zero-order chi connectivity index (χ0) is 25.0. The number of methoxy groups -OCH3 is 1. The minimum absolute atomic E-state index is 0.0313. The molecule has 0 spiro atoms. The van der Waals surface area contributed by atoms with Crippen molar-refractivity contribution in [3.05, 3.63) is 48.2 Å². The highest BCUT2D eigenvalue weighted by Crippen LogP contribution is 2.37. The van der Waals surface area contributed by atoms with Gasteiger partial charge in [-0.05, 0) is 73.7 Å². The number of sulfonamides is 1. The van der Waals surface area contributed by atoms with Gasteiger partial charge in [0.25, 0.3) is 10.0 Å². The van der Waals surface area contributed by atoms with Crippen LogP contribution in [0, 0.1) is 12.8 Å².